The normalized spacial score (nSPS) is 10.6. The van der Waals surface area contributed by atoms with Crippen molar-refractivity contribution in [2.45, 2.75) is 34.2 Å². The summed E-state index contributed by atoms with van der Waals surface area (Å²) in [7, 11) is 0. The molecule has 17 heavy (non-hydrogen) atoms. The van der Waals surface area contributed by atoms with Gasteiger partial charge in [0.1, 0.15) is 5.56 Å². The van der Waals surface area contributed by atoms with E-state index in [1.807, 2.05) is 13.8 Å². The minimum absolute atomic E-state index is 0.0556. The van der Waals surface area contributed by atoms with Crippen molar-refractivity contribution < 1.29 is 9.53 Å². The van der Waals surface area contributed by atoms with Crippen molar-refractivity contribution in [2.75, 3.05) is 6.61 Å². The highest BCUT2D eigenvalue weighted by atomic mass is 16.5. The second-order valence-corrected chi connectivity index (χ2v) is 4.30. The van der Waals surface area contributed by atoms with Crippen LogP contribution in [-0.4, -0.2) is 22.4 Å². The van der Waals surface area contributed by atoms with E-state index in [1.165, 1.54) is 10.7 Å². The molecule has 0 bridgehead atoms. The van der Waals surface area contributed by atoms with E-state index < -0.39 is 5.97 Å². The summed E-state index contributed by atoms with van der Waals surface area (Å²) >= 11 is 0. The molecule has 0 atom stereocenters. The zero-order valence-corrected chi connectivity index (χ0v) is 10.7. The van der Waals surface area contributed by atoms with E-state index in [0.29, 0.717) is 12.2 Å². The van der Waals surface area contributed by atoms with E-state index in [2.05, 4.69) is 5.10 Å². The van der Waals surface area contributed by atoms with Gasteiger partial charge in [-0.05, 0) is 25.8 Å². The van der Waals surface area contributed by atoms with Crippen molar-refractivity contribution in [3.8, 4) is 0 Å². The van der Waals surface area contributed by atoms with E-state index in [1.54, 1.807) is 13.8 Å². The molecule has 1 rings (SSSR count). The van der Waals surface area contributed by atoms with Crippen LogP contribution in [0.1, 0.15) is 36.8 Å². The van der Waals surface area contributed by atoms with Crippen molar-refractivity contribution in [3.05, 3.63) is 27.7 Å². The van der Waals surface area contributed by atoms with Gasteiger partial charge in [-0.15, -0.1) is 0 Å². The molecule has 0 radical (unpaired) electrons. The number of rotatable bonds is 4. The Kier molecular flexibility index (Phi) is 4.43. The molecule has 1 heterocycles. The molecule has 0 unspecified atom stereocenters. The van der Waals surface area contributed by atoms with Gasteiger partial charge in [-0.1, -0.05) is 13.8 Å². The third kappa shape index (κ3) is 3.41. The number of esters is 1. The molecule has 0 aromatic carbocycles. The highest BCUT2D eigenvalue weighted by Crippen LogP contribution is 2.01. The van der Waals surface area contributed by atoms with E-state index in [-0.39, 0.29) is 23.6 Å². The van der Waals surface area contributed by atoms with Crippen LogP contribution in [0.2, 0.25) is 0 Å². The molecule has 1 aromatic heterocycles. The first-order valence-corrected chi connectivity index (χ1v) is 5.71. The largest absolute Gasteiger partial charge is 0.462 e. The van der Waals surface area contributed by atoms with Crippen molar-refractivity contribution >= 4 is 5.97 Å². The summed E-state index contributed by atoms with van der Waals surface area (Å²) in [5.74, 6) is -0.294. The maximum Gasteiger partial charge on any atom is 0.343 e. The second kappa shape index (κ2) is 5.61. The quantitative estimate of drug-likeness (QED) is 0.743. The van der Waals surface area contributed by atoms with Crippen LogP contribution in [0.25, 0.3) is 0 Å². The number of ether oxygens (including phenoxy) is 1. The molecule has 1 aromatic rings. The van der Waals surface area contributed by atoms with Crippen LogP contribution in [0.15, 0.2) is 10.9 Å². The number of nitrogens with zero attached hydrogens (tertiary/aromatic N) is 2. The standard InChI is InChI=1S/C12H18N2O3/c1-5-17-12(16)10-6-9(4)13-14(11(10)15)7-8(2)3/h6,8H,5,7H2,1-4H3. The molecule has 0 N–H and O–H groups in total. The molecule has 94 valence electrons. The van der Waals surface area contributed by atoms with Gasteiger partial charge < -0.3 is 4.74 Å². The first-order valence-electron chi connectivity index (χ1n) is 5.71. The summed E-state index contributed by atoms with van der Waals surface area (Å²) < 4.78 is 6.17. The number of carbonyl (C=O) groups excluding carboxylic acids is 1. The van der Waals surface area contributed by atoms with E-state index in [0.717, 1.165) is 0 Å². The zero-order chi connectivity index (χ0) is 13.0. The lowest BCUT2D eigenvalue weighted by Gasteiger charge is -2.10. The van der Waals surface area contributed by atoms with Crippen LogP contribution in [0.5, 0.6) is 0 Å². The molecule has 5 nitrogen and oxygen atoms in total. The van der Waals surface area contributed by atoms with Crippen LogP contribution >= 0.6 is 0 Å². The summed E-state index contributed by atoms with van der Waals surface area (Å²) in [5.41, 5.74) is 0.302. The third-order valence-electron chi connectivity index (χ3n) is 2.13. The summed E-state index contributed by atoms with van der Waals surface area (Å²) in [5, 5.41) is 4.11. The van der Waals surface area contributed by atoms with Crippen molar-refractivity contribution in [1.82, 2.24) is 9.78 Å². The fourth-order valence-electron chi connectivity index (χ4n) is 1.50. The topological polar surface area (TPSA) is 61.2 Å². The van der Waals surface area contributed by atoms with Gasteiger partial charge >= 0.3 is 5.97 Å². The first-order chi connectivity index (χ1) is 7.95. The average Bonchev–Trinajstić information content (AvgIpc) is 2.22. The number of aryl methyl sites for hydroxylation is 1. The van der Waals surface area contributed by atoms with Crippen molar-refractivity contribution in [2.24, 2.45) is 5.92 Å². The molecular formula is C12H18N2O3. The van der Waals surface area contributed by atoms with Gasteiger partial charge in [0.25, 0.3) is 5.56 Å². The molecule has 0 saturated carbocycles. The number of hydrogen-bond acceptors (Lipinski definition) is 4. The van der Waals surface area contributed by atoms with E-state index >= 15 is 0 Å². The molecule has 0 aliphatic rings. The SMILES string of the molecule is CCOC(=O)c1cc(C)nn(CC(C)C)c1=O. The molecule has 0 aliphatic heterocycles. The van der Waals surface area contributed by atoms with Crippen molar-refractivity contribution in [1.29, 1.82) is 0 Å². The van der Waals surface area contributed by atoms with Gasteiger partial charge in [-0.25, -0.2) is 9.48 Å². The average molecular weight is 238 g/mol. The Labute approximate surface area is 100 Å². The van der Waals surface area contributed by atoms with E-state index in [9.17, 15) is 9.59 Å². The number of aromatic nitrogens is 2. The Morgan fingerprint density at radius 3 is 2.71 bits per heavy atom. The molecule has 0 saturated heterocycles. The molecular weight excluding hydrogens is 220 g/mol. The zero-order valence-electron chi connectivity index (χ0n) is 10.7. The van der Waals surface area contributed by atoms with Crippen LogP contribution in [-0.2, 0) is 11.3 Å². The third-order valence-corrected chi connectivity index (χ3v) is 2.13. The number of carbonyl (C=O) groups is 1. The summed E-state index contributed by atoms with van der Waals surface area (Å²) in [4.78, 5) is 23.6. The molecule has 0 spiro atoms. The van der Waals surface area contributed by atoms with Gasteiger partial charge in [-0.3, -0.25) is 4.79 Å². The smallest absolute Gasteiger partial charge is 0.343 e. The fraction of sp³-hybridized carbons (Fsp3) is 0.583. The van der Waals surface area contributed by atoms with Crippen LogP contribution in [0.3, 0.4) is 0 Å². The minimum Gasteiger partial charge on any atom is -0.462 e. The summed E-state index contributed by atoms with van der Waals surface area (Å²) in [6.45, 7) is 8.18. The predicted octanol–water partition coefficient (Wildman–Crippen LogP) is 1.38. The first kappa shape index (κ1) is 13.4. The highest BCUT2D eigenvalue weighted by Gasteiger charge is 2.15. The summed E-state index contributed by atoms with van der Waals surface area (Å²) in [6.07, 6.45) is 0. The van der Waals surface area contributed by atoms with Gasteiger partial charge in [0.05, 0.1) is 12.3 Å². The highest BCUT2D eigenvalue weighted by molar-refractivity contribution is 5.88. The second-order valence-electron chi connectivity index (χ2n) is 4.30. The Balaban J connectivity index is 3.19. The maximum absolute atomic E-state index is 12.0. The molecule has 5 heteroatoms. The van der Waals surface area contributed by atoms with Crippen molar-refractivity contribution in [3.63, 3.8) is 0 Å². The maximum atomic E-state index is 12.0. The van der Waals surface area contributed by atoms with Gasteiger partial charge in [0, 0.05) is 6.54 Å². The fourth-order valence-corrected chi connectivity index (χ4v) is 1.50. The Bertz CT molecular complexity index is 463. The molecule has 0 amide bonds. The van der Waals surface area contributed by atoms with E-state index in [4.69, 9.17) is 4.74 Å². The lowest BCUT2D eigenvalue weighted by Crippen LogP contribution is -2.31. The van der Waals surface area contributed by atoms with Gasteiger partial charge in [0.2, 0.25) is 0 Å². The van der Waals surface area contributed by atoms with Crippen LogP contribution < -0.4 is 5.56 Å². The van der Waals surface area contributed by atoms with Gasteiger partial charge in [-0.2, -0.15) is 5.10 Å². The lowest BCUT2D eigenvalue weighted by atomic mass is 10.2. The number of hydrogen-bond donors (Lipinski definition) is 0. The Hall–Kier alpha value is -1.65. The molecule has 0 aliphatic carbocycles. The predicted molar refractivity (Wildman–Crippen MR) is 64.0 cm³/mol. The lowest BCUT2D eigenvalue weighted by molar-refractivity contribution is 0.0522. The Morgan fingerprint density at radius 1 is 1.53 bits per heavy atom. The monoisotopic (exact) mass is 238 g/mol. The summed E-state index contributed by atoms with van der Waals surface area (Å²) in [6, 6.07) is 1.47. The molecule has 0 fully saturated rings. The van der Waals surface area contributed by atoms with Gasteiger partial charge in [0.15, 0.2) is 0 Å². The Morgan fingerprint density at radius 2 is 2.18 bits per heavy atom. The van der Waals surface area contributed by atoms with Crippen LogP contribution in [0.4, 0.5) is 0 Å². The van der Waals surface area contributed by atoms with Crippen LogP contribution in [0, 0.1) is 12.8 Å². The minimum atomic E-state index is -0.583.